The number of hydrogen-bond acceptors (Lipinski definition) is 4. The Balaban J connectivity index is 2.15. The summed E-state index contributed by atoms with van der Waals surface area (Å²) in [5, 5.41) is 11.6. The van der Waals surface area contributed by atoms with Crippen LogP contribution in [-0.2, 0) is 0 Å². The Morgan fingerprint density at radius 3 is 2.75 bits per heavy atom. The predicted octanol–water partition coefficient (Wildman–Crippen LogP) is 2.36. The number of rotatable bonds is 2. The highest BCUT2D eigenvalue weighted by molar-refractivity contribution is 5.65. The lowest BCUT2D eigenvalue weighted by molar-refractivity contribution is 0.625. The number of halogens is 1. The Morgan fingerprint density at radius 2 is 2.00 bits per heavy atom. The Morgan fingerprint density at radius 1 is 1.15 bits per heavy atom. The van der Waals surface area contributed by atoms with E-state index < -0.39 is 0 Å². The van der Waals surface area contributed by atoms with E-state index in [0.717, 1.165) is 11.1 Å². The fourth-order valence-electron chi connectivity index (χ4n) is 2.07. The van der Waals surface area contributed by atoms with E-state index in [1.807, 2.05) is 19.1 Å². The van der Waals surface area contributed by atoms with Gasteiger partial charge in [-0.3, -0.25) is 0 Å². The van der Waals surface area contributed by atoms with E-state index in [2.05, 4.69) is 15.5 Å². The first-order valence-corrected chi connectivity index (χ1v) is 6.06. The zero-order valence-electron chi connectivity index (χ0n) is 10.8. The molecule has 0 spiro atoms. The van der Waals surface area contributed by atoms with Crippen LogP contribution in [0.1, 0.15) is 5.56 Å². The Hall–Kier alpha value is -2.76. The molecular formula is C14H12FN5. The molecule has 2 aromatic carbocycles. The molecule has 0 aliphatic rings. The molecule has 1 heterocycles. The van der Waals surface area contributed by atoms with Crippen molar-refractivity contribution in [2.75, 3.05) is 5.73 Å². The normalized spacial score (nSPS) is 10.7. The van der Waals surface area contributed by atoms with Crippen molar-refractivity contribution in [2.24, 2.45) is 0 Å². The number of anilines is 1. The van der Waals surface area contributed by atoms with Crippen LogP contribution in [-0.4, -0.2) is 20.2 Å². The molecule has 1 aromatic heterocycles. The second-order valence-corrected chi connectivity index (χ2v) is 4.47. The third kappa shape index (κ3) is 2.11. The van der Waals surface area contributed by atoms with E-state index in [4.69, 9.17) is 5.73 Å². The van der Waals surface area contributed by atoms with E-state index in [-0.39, 0.29) is 5.82 Å². The summed E-state index contributed by atoms with van der Waals surface area (Å²) >= 11 is 0. The lowest BCUT2D eigenvalue weighted by Gasteiger charge is -2.07. The zero-order valence-corrected chi connectivity index (χ0v) is 10.8. The smallest absolute Gasteiger partial charge is 0.187 e. The van der Waals surface area contributed by atoms with Crippen LogP contribution in [0.15, 0.2) is 42.5 Å². The molecule has 0 saturated carbocycles. The molecule has 2 N–H and O–H groups in total. The number of nitrogens with zero attached hydrogens (tertiary/aromatic N) is 4. The summed E-state index contributed by atoms with van der Waals surface area (Å²) in [7, 11) is 0. The molecule has 0 radical (unpaired) electrons. The first-order valence-electron chi connectivity index (χ1n) is 6.06. The average Bonchev–Trinajstić information content (AvgIpc) is 2.87. The van der Waals surface area contributed by atoms with Crippen LogP contribution in [0.4, 0.5) is 10.1 Å². The summed E-state index contributed by atoms with van der Waals surface area (Å²) in [5.74, 6) is 0.214. The van der Waals surface area contributed by atoms with Gasteiger partial charge in [0.25, 0.3) is 0 Å². The average molecular weight is 269 g/mol. The van der Waals surface area contributed by atoms with Gasteiger partial charge in [0.15, 0.2) is 5.82 Å². The van der Waals surface area contributed by atoms with Crippen molar-refractivity contribution in [3.63, 3.8) is 0 Å². The van der Waals surface area contributed by atoms with Gasteiger partial charge in [-0.15, -0.1) is 5.10 Å². The van der Waals surface area contributed by atoms with Crippen molar-refractivity contribution in [1.29, 1.82) is 0 Å². The van der Waals surface area contributed by atoms with Gasteiger partial charge in [0.1, 0.15) is 5.82 Å². The van der Waals surface area contributed by atoms with E-state index in [0.29, 0.717) is 17.2 Å². The van der Waals surface area contributed by atoms with E-state index in [1.54, 1.807) is 18.2 Å². The number of benzene rings is 2. The molecule has 20 heavy (non-hydrogen) atoms. The Bertz CT molecular complexity index is 766. The number of nitrogen functional groups attached to an aromatic ring is 1. The Kier molecular flexibility index (Phi) is 2.90. The second kappa shape index (κ2) is 4.73. The van der Waals surface area contributed by atoms with E-state index in [1.165, 1.54) is 16.8 Å². The van der Waals surface area contributed by atoms with Crippen LogP contribution in [0.5, 0.6) is 0 Å². The molecule has 0 fully saturated rings. The molecule has 3 rings (SSSR count). The first kappa shape index (κ1) is 12.3. The van der Waals surface area contributed by atoms with Gasteiger partial charge in [-0.05, 0) is 59.3 Å². The zero-order chi connectivity index (χ0) is 14.1. The van der Waals surface area contributed by atoms with Crippen molar-refractivity contribution >= 4 is 5.69 Å². The minimum absolute atomic E-state index is 0.335. The highest BCUT2D eigenvalue weighted by Gasteiger charge is 2.13. The molecule has 5 nitrogen and oxygen atoms in total. The summed E-state index contributed by atoms with van der Waals surface area (Å²) < 4.78 is 14.8. The van der Waals surface area contributed by atoms with Gasteiger partial charge in [-0.25, -0.2) is 4.39 Å². The molecule has 0 aliphatic heterocycles. The third-order valence-electron chi connectivity index (χ3n) is 3.01. The summed E-state index contributed by atoms with van der Waals surface area (Å²) in [6.07, 6.45) is 0. The molecule has 100 valence electrons. The molecule has 0 unspecified atom stereocenters. The summed E-state index contributed by atoms with van der Waals surface area (Å²) in [6.45, 7) is 1.93. The summed E-state index contributed by atoms with van der Waals surface area (Å²) in [4.78, 5) is 0. The fraction of sp³-hybridized carbons (Fsp3) is 0.0714. The predicted molar refractivity (Wildman–Crippen MR) is 73.7 cm³/mol. The van der Waals surface area contributed by atoms with Gasteiger partial charge in [-0.2, -0.15) is 4.68 Å². The van der Waals surface area contributed by atoms with Crippen molar-refractivity contribution < 1.29 is 4.39 Å². The van der Waals surface area contributed by atoms with Gasteiger partial charge in [0.2, 0.25) is 0 Å². The second-order valence-electron chi connectivity index (χ2n) is 4.47. The number of aryl methyl sites for hydroxylation is 1. The standard InChI is InChI=1S/C14H12FN5/c1-9-7-11(16)5-6-13(9)14-17-18-19-20(14)12-4-2-3-10(15)8-12/h2-8H,16H2,1H3. The van der Waals surface area contributed by atoms with Crippen LogP contribution in [0.25, 0.3) is 17.1 Å². The quantitative estimate of drug-likeness (QED) is 0.725. The van der Waals surface area contributed by atoms with Gasteiger partial charge < -0.3 is 5.73 Å². The maximum absolute atomic E-state index is 13.3. The number of tetrazole rings is 1. The topological polar surface area (TPSA) is 69.6 Å². The van der Waals surface area contributed by atoms with Gasteiger partial charge in [-0.1, -0.05) is 6.07 Å². The van der Waals surface area contributed by atoms with E-state index >= 15 is 0 Å². The molecule has 0 saturated heterocycles. The van der Waals surface area contributed by atoms with Crippen molar-refractivity contribution in [2.45, 2.75) is 6.92 Å². The van der Waals surface area contributed by atoms with Crippen LogP contribution < -0.4 is 5.73 Å². The van der Waals surface area contributed by atoms with Gasteiger partial charge in [0, 0.05) is 11.3 Å². The van der Waals surface area contributed by atoms with Gasteiger partial charge in [0.05, 0.1) is 5.69 Å². The molecule has 0 bridgehead atoms. The molecule has 3 aromatic rings. The van der Waals surface area contributed by atoms with E-state index in [9.17, 15) is 4.39 Å². The maximum Gasteiger partial charge on any atom is 0.187 e. The summed E-state index contributed by atoms with van der Waals surface area (Å²) in [6, 6.07) is 11.6. The lowest BCUT2D eigenvalue weighted by atomic mass is 10.1. The van der Waals surface area contributed by atoms with Crippen LogP contribution >= 0.6 is 0 Å². The minimum Gasteiger partial charge on any atom is -0.399 e. The molecule has 6 heteroatoms. The van der Waals surface area contributed by atoms with Crippen molar-refractivity contribution in [3.8, 4) is 17.1 Å². The monoisotopic (exact) mass is 269 g/mol. The van der Waals surface area contributed by atoms with Crippen LogP contribution in [0.2, 0.25) is 0 Å². The number of nitrogens with two attached hydrogens (primary N) is 1. The SMILES string of the molecule is Cc1cc(N)ccc1-c1nnnn1-c1cccc(F)c1. The third-order valence-corrected chi connectivity index (χ3v) is 3.01. The van der Waals surface area contributed by atoms with Crippen LogP contribution in [0.3, 0.4) is 0 Å². The maximum atomic E-state index is 13.3. The highest BCUT2D eigenvalue weighted by atomic mass is 19.1. The minimum atomic E-state index is -0.335. The molecular weight excluding hydrogens is 257 g/mol. The molecule has 0 atom stereocenters. The Labute approximate surface area is 114 Å². The van der Waals surface area contributed by atoms with Gasteiger partial charge >= 0.3 is 0 Å². The lowest BCUT2D eigenvalue weighted by Crippen LogP contribution is -2.01. The molecule has 0 aliphatic carbocycles. The number of hydrogen-bond donors (Lipinski definition) is 1. The van der Waals surface area contributed by atoms with Crippen LogP contribution in [0, 0.1) is 12.7 Å². The largest absolute Gasteiger partial charge is 0.399 e. The highest BCUT2D eigenvalue weighted by Crippen LogP contribution is 2.24. The molecule has 0 amide bonds. The van der Waals surface area contributed by atoms with Crippen molar-refractivity contribution in [3.05, 3.63) is 53.8 Å². The van der Waals surface area contributed by atoms with Crippen molar-refractivity contribution in [1.82, 2.24) is 20.2 Å². The first-order chi connectivity index (χ1) is 9.65. The fourth-order valence-corrected chi connectivity index (χ4v) is 2.07. The number of aromatic nitrogens is 4. The summed E-state index contributed by atoms with van der Waals surface area (Å²) in [5.41, 5.74) is 8.80.